The van der Waals surface area contributed by atoms with Gasteiger partial charge in [0.05, 0.1) is 10.6 Å². The van der Waals surface area contributed by atoms with Gasteiger partial charge in [0.25, 0.3) is 0 Å². The summed E-state index contributed by atoms with van der Waals surface area (Å²) in [5.74, 6) is 0.227. The topological polar surface area (TPSA) is 46.2 Å². The molecule has 3 rings (SSSR count). The highest BCUT2D eigenvalue weighted by atomic mass is 32.2. The van der Waals surface area contributed by atoms with Gasteiger partial charge >= 0.3 is 0 Å². The average Bonchev–Trinajstić information content (AvgIpc) is 2.98. The van der Waals surface area contributed by atoms with Gasteiger partial charge < -0.3 is 5.32 Å². The summed E-state index contributed by atoms with van der Waals surface area (Å²) in [4.78, 5) is 0.579. The van der Waals surface area contributed by atoms with E-state index in [1.165, 1.54) is 12.8 Å². The molecule has 0 spiro atoms. The van der Waals surface area contributed by atoms with E-state index in [2.05, 4.69) is 5.32 Å². The number of fused-ring (bicyclic) bond motifs is 1. The Hall–Kier alpha value is -0.870. The van der Waals surface area contributed by atoms with Crippen molar-refractivity contribution in [1.29, 1.82) is 0 Å². The predicted molar refractivity (Wildman–Crippen MR) is 66.9 cm³/mol. The van der Waals surface area contributed by atoms with E-state index in [-0.39, 0.29) is 11.8 Å². The summed E-state index contributed by atoms with van der Waals surface area (Å²) in [6.45, 7) is 3.88. The Bertz CT molecular complexity index is 573. The van der Waals surface area contributed by atoms with Crippen molar-refractivity contribution in [3.05, 3.63) is 28.8 Å². The first-order chi connectivity index (χ1) is 7.99. The van der Waals surface area contributed by atoms with E-state index in [9.17, 15) is 8.42 Å². The fourth-order valence-electron chi connectivity index (χ4n) is 2.70. The zero-order chi connectivity index (χ0) is 12.2. The van der Waals surface area contributed by atoms with E-state index >= 15 is 0 Å². The van der Waals surface area contributed by atoms with E-state index < -0.39 is 9.84 Å². The molecule has 1 fully saturated rings. The summed E-state index contributed by atoms with van der Waals surface area (Å²) in [5, 5.41) is 3.45. The second-order valence-corrected chi connectivity index (χ2v) is 7.19. The van der Waals surface area contributed by atoms with Gasteiger partial charge in [0, 0.05) is 12.1 Å². The molecule has 1 aromatic carbocycles. The van der Waals surface area contributed by atoms with Crippen LogP contribution in [0.3, 0.4) is 0 Å². The van der Waals surface area contributed by atoms with Gasteiger partial charge in [-0.1, -0.05) is 12.1 Å². The Morgan fingerprint density at radius 2 is 1.82 bits per heavy atom. The van der Waals surface area contributed by atoms with Crippen molar-refractivity contribution in [3.8, 4) is 0 Å². The lowest BCUT2D eigenvalue weighted by atomic mass is 10.00. The van der Waals surface area contributed by atoms with Crippen LogP contribution in [0.25, 0.3) is 0 Å². The van der Waals surface area contributed by atoms with Gasteiger partial charge in [0.15, 0.2) is 9.84 Å². The van der Waals surface area contributed by atoms with Crippen molar-refractivity contribution < 1.29 is 8.42 Å². The first-order valence-corrected chi connectivity index (χ1v) is 7.73. The molecule has 1 saturated carbocycles. The standard InChI is InChI=1S/C13H17NO2S/c1-8-3-4-9(2)13-12(8)11(7-17(13,15)16)14-10-5-6-10/h3-4,10-11,14H,5-7H2,1-2H3. The van der Waals surface area contributed by atoms with Crippen LogP contribution in [0.2, 0.25) is 0 Å². The lowest BCUT2D eigenvalue weighted by Crippen LogP contribution is -2.25. The highest BCUT2D eigenvalue weighted by molar-refractivity contribution is 7.91. The summed E-state index contributed by atoms with van der Waals surface area (Å²) in [5.41, 5.74) is 2.98. The minimum absolute atomic E-state index is 0.00222. The van der Waals surface area contributed by atoms with Gasteiger partial charge in [0.2, 0.25) is 0 Å². The van der Waals surface area contributed by atoms with Gasteiger partial charge in [-0.2, -0.15) is 0 Å². The van der Waals surface area contributed by atoms with Gasteiger partial charge in [-0.05, 0) is 43.4 Å². The number of aryl methyl sites for hydroxylation is 2. The smallest absolute Gasteiger partial charge is 0.180 e. The number of sulfone groups is 1. The maximum Gasteiger partial charge on any atom is 0.180 e. The van der Waals surface area contributed by atoms with E-state index in [0.717, 1.165) is 16.7 Å². The zero-order valence-electron chi connectivity index (χ0n) is 10.2. The van der Waals surface area contributed by atoms with Gasteiger partial charge in [-0.15, -0.1) is 0 Å². The van der Waals surface area contributed by atoms with Gasteiger partial charge in [0.1, 0.15) is 0 Å². The van der Waals surface area contributed by atoms with Crippen molar-refractivity contribution in [2.45, 2.75) is 43.7 Å². The average molecular weight is 251 g/mol. The first kappa shape index (κ1) is 11.2. The Morgan fingerprint density at radius 3 is 2.47 bits per heavy atom. The lowest BCUT2D eigenvalue weighted by molar-refractivity contribution is 0.563. The number of benzene rings is 1. The van der Waals surface area contributed by atoms with Crippen molar-refractivity contribution in [1.82, 2.24) is 5.32 Å². The number of nitrogens with one attached hydrogen (secondary N) is 1. The second-order valence-electron chi connectivity index (χ2n) is 5.22. The molecule has 4 heteroatoms. The van der Waals surface area contributed by atoms with Crippen LogP contribution in [0.5, 0.6) is 0 Å². The van der Waals surface area contributed by atoms with Crippen LogP contribution < -0.4 is 5.32 Å². The van der Waals surface area contributed by atoms with Crippen LogP contribution in [-0.4, -0.2) is 20.2 Å². The van der Waals surface area contributed by atoms with Crippen LogP contribution in [0.1, 0.15) is 35.6 Å². The summed E-state index contributed by atoms with van der Waals surface area (Å²) < 4.78 is 24.4. The Balaban J connectivity index is 2.14. The third kappa shape index (κ3) is 1.79. The summed E-state index contributed by atoms with van der Waals surface area (Å²) in [6, 6.07) is 4.46. The molecule has 1 aliphatic heterocycles. The molecular formula is C13H17NO2S. The van der Waals surface area contributed by atoms with Gasteiger partial charge in [-0.3, -0.25) is 0 Å². The molecule has 1 N–H and O–H groups in total. The quantitative estimate of drug-likeness (QED) is 0.873. The third-order valence-electron chi connectivity index (χ3n) is 3.67. The van der Waals surface area contributed by atoms with Crippen LogP contribution >= 0.6 is 0 Å². The molecule has 17 heavy (non-hydrogen) atoms. The fraction of sp³-hybridized carbons (Fsp3) is 0.538. The Morgan fingerprint density at radius 1 is 1.18 bits per heavy atom. The lowest BCUT2D eigenvalue weighted by Gasteiger charge is -2.14. The molecule has 1 atom stereocenters. The molecular weight excluding hydrogens is 234 g/mol. The molecule has 1 aliphatic carbocycles. The number of hydrogen-bond acceptors (Lipinski definition) is 3. The van der Waals surface area contributed by atoms with Crippen molar-refractivity contribution in [3.63, 3.8) is 0 Å². The minimum Gasteiger partial charge on any atom is -0.306 e. The summed E-state index contributed by atoms with van der Waals surface area (Å²) in [7, 11) is -3.09. The molecule has 3 nitrogen and oxygen atoms in total. The van der Waals surface area contributed by atoms with Crippen molar-refractivity contribution >= 4 is 9.84 Å². The monoisotopic (exact) mass is 251 g/mol. The second kappa shape index (κ2) is 3.56. The molecule has 1 aromatic rings. The Kier molecular flexibility index (Phi) is 2.35. The third-order valence-corrected chi connectivity index (χ3v) is 5.61. The van der Waals surface area contributed by atoms with Crippen LogP contribution in [0.4, 0.5) is 0 Å². The first-order valence-electron chi connectivity index (χ1n) is 6.08. The van der Waals surface area contributed by atoms with Crippen molar-refractivity contribution in [2.24, 2.45) is 0 Å². The molecule has 1 heterocycles. The molecule has 2 aliphatic rings. The van der Waals surface area contributed by atoms with Crippen LogP contribution in [0, 0.1) is 13.8 Å². The molecule has 1 unspecified atom stereocenters. The zero-order valence-corrected chi connectivity index (χ0v) is 11.0. The maximum atomic E-state index is 12.2. The summed E-state index contributed by atoms with van der Waals surface area (Å²) in [6.07, 6.45) is 2.35. The normalized spacial score (nSPS) is 25.9. The summed E-state index contributed by atoms with van der Waals surface area (Å²) >= 11 is 0. The minimum atomic E-state index is -3.09. The van der Waals surface area contributed by atoms with E-state index in [4.69, 9.17) is 0 Å². The van der Waals surface area contributed by atoms with Crippen molar-refractivity contribution in [2.75, 3.05) is 5.75 Å². The van der Waals surface area contributed by atoms with Crippen LogP contribution in [-0.2, 0) is 9.84 Å². The maximum absolute atomic E-state index is 12.2. The molecule has 0 amide bonds. The van der Waals surface area contributed by atoms with E-state index in [1.54, 1.807) is 0 Å². The Labute approximate surface area is 102 Å². The predicted octanol–water partition coefficient (Wildman–Crippen LogP) is 1.88. The number of rotatable bonds is 2. The fourth-order valence-corrected chi connectivity index (χ4v) is 4.77. The van der Waals surface area contributed by atoms with Crippen LogP contribution in [0.15, 0.2) is 17.0 Å². The molecule has 92 valence electrons. The van der Waals surface area contributed by atoms with E-state index in [1.807, 2.05) is 26.0 Å². The number of hydrogen-bond donors (Lipinski definition) is 1. The van der Waals surface area contributed by atoms with Gasteiger partial charge in [-0.25, -0.2) is 8.42 Å². The molecule has 0 bridgehead atoms. The highest BCUT2D eigenvalue weighted by Gasteiger charge is 2.39. The highest BCUT2D eigenvalue weighted by Crippen LogP contribution is 2.39. The molecule has 0 radical (unpaired) electrons. The van der Waals surface area contributed by atoms with E-state index in [0.29, 0.717) is 10.9 Å². The molecule has 0 aromatic heterocycles. The molecule has 0 saturated heterocycles. The SMILES string of the molecule is Cc1ccc(C)c2c1C(NC1CC1)CS2(=O)=O. The largest absolute Gasteiger partial charge is 0.306 e.